The second kappa shape index (κ2) is 4.24. The third-order valence-corrected chi connectivity index (χ3v) is 1.44. The molecule has 0 aromatic carbocycles. The molecule has 4 nitrogen and oxygen atoms in total. The Labute approximate surface area is 61.3 Å². The van der Waals surface area contributed by atoms with Crippen molar-refractivity contribution < 1.29 is 4.79 Å². The van der Waals surface area contributed by atoms with Gasteiger partial charge in [-0.15, -0.1) is 0 Å². The second-order valence-corrected chi connectivity index (χ2v) is 2.58. The predicted octanol–water partition coefficient (Wildman–Crippen LogP) is -0.683. The Balaban J connectivity index is 3.57. The van der Waals surface area contributed by atoms with E-state index in [0.29, 0.717) is 12.6 Å². The fraction of sp³-hybridized carbons (Fsp3) is 0.833. The molecule has 0 saturated carbocycles. The molecule has 0 fully saturated rings. The lowest BCUT2D eigenvalue weighted by atomic mass is 10.3. The average molecular weight is 145 g/mol. The molecule has 0 aromatic heterocycles. The molecule has 0 saturated heterocycles. The van der Waals surface area contributed by atoms with Gasteiger partial charge in [0.2, 0.25) is 5.91 Å². The van der Waals surface area contributed by atoms with Gasteiger partial charge in [0.15, 0.2) is 0 Å². The lowest BCUT2D eigenvalue weighted by Gasteiger charge is -2.19. The van der Waals surface area contributed by atoms with Crippen LogP contribution in [-0.4, -0.2) is 30.4 Å². The van der Waals surface area contributed by atoms with Crippen LogP contribution in [0.2, 0.25) is 0 Å². The largest absolute Gasteiger partial charge is 0.295 e. The van der Waals surface area contributed by atoms with E-state index < -0.39 is 0 Å². The van der Waals surface area contributed by atoms with Crippen molar-refractivity contribution in [2.45, 2.75) is 19.9 Å². The molecule has 0 aliphatic heterocycles. The van der Waals surface area contributed by atoms with Crippen molar-refractivity contribution in [1.82, 2.24) is 10.3 Å². The minimum absolute atomic E-state index is 0.156. The number of nitrogens with one attached hydrogen (secondary N) is 1. The van der Waals surface area contributed by atoms with E-state index in [-0.39, 0.29) is 5.91 Å². The normalized spacial score (nSPS) is 10.6. The molecule has 10 heavy (non-hydrogen) atoms. The molecule has 0 bridgehead atoms. The first-order chi connectivity index (χ1) is 4.57. The van der Waals surface area contributed by atoms with Crippen molar-refractivity contribution in [3.8, 4) is 0 Å². The van der Waals surface area contributed by atoms with Gasteiger partial charge in [0.25, 0.3) is 0 Å². The first kappa shape index (κ1) is 9.39. The average Bonchev–Trinajstić information content (AvgIpc) is 1.87. The zero-order valence-corrected chi connectivity index (χ0v) is 6.72. The van der Waals surface area contributed by atoms with Gasteiger partial charge in [0, 0.05) is 6.04 Å². The number of amides is 1. The molecule has 0 unspecified atom stereocenters. The van der Waals surface area contributed by atoms with E-state index in [1.807, 2.05) is 25.8 Å². The second-order valence-electron chi connectivity index (χ2n) is 2.58. The number of nitrogens with zero attached hydrogens (tertiary/aromatic N) is 1. The monoisotopic (exact) mass is 145 g/mol. The highest BCUT2D eigenvalue weighted by Crippen LogP contribution is 1.90. The van der Waals surface area contributed by atoms with Crippen LogP contribution in [0.1, 0.15) is 13.8 Å². The summed E-state index contributed by atoms with van der Waals surface area (Å²) >= 11 is 0. The molecule has 60 valence electrons. The summed E-state index contributed by atoms with van der Waals surface area (Å²) in [6.07, 6.45) is 0. The van der Waals surface area contributed by atoms with Gasteiger partial charge < -0.3 is 0 Å². The van der Waals surface area contributed by atoms with Gasteiger partial charge in [-0.1, -0.05) is 0 Å². The molecule has 0 radical (unpaired) electrons. The van der Waals surface area contributed by atoms with Crippen LogP contribution in [0.15, 0.2) is 0 Å². The smallest absolute Gasteiger partial charge is 0.248 e. The zero-order chi connectivity index (χ0) is 8.15. The summed E-state index contributed by atoms with van der Waals surface area (Å²) in [7, 11) is 1.87. The van der Waals surface area contributed by atoms with E-state index in [4.69, 9.17) is 5.84 Å². The molecule has 0 atom stereocenters. The van der Waals surface area contributed by atoms with Crippen molar-refractivity contribution in [3.05, 3.63) is 0 Å². The van der Waals surface area contributed by atoms with Gasteiger partial charge >= 0.3 is 0 Å². The van der Waals surface area contributed by atoms with Crippen LogP contribution in [0.25, 0.3) is 0 Å². The fourth-order valence-corrected chi connectivity index (χ4v) is 0.455. The van der Waals surface area contributed by atoms with Crippen LogP contribution in [0.5, 0.6) is 0 Å². The Morgan fingerprint density at radius 2 is 2.20 bits per heavy atom. The Morgan fingerprint density at radius 1 is 1.70 bits per heavy atom. The molecule has 3 N–H and O–H groups in total. The zero-order valence-electron chi connectivity index (χ0n) is 6.72. The summed E-state index contributed by atoms with van der Waals surface area (Å²) in [5.41, 5.74) is 2.07. The van der Waals surface area contributed by atoms with Crippen LogP contribution in [0.3, 0.4) is 0 Å². The van der Waals surface area contributed by atoms with Crippen LogP contribution in [-0.2, 0) is 4.79 Å². The topological polar surface area (TPSA) is 58.4 Å². The number of carbonyl (C=O) groups is 1. The summed E-state index contributed by atoms with van der Waals surface area (Å²) in [4.78, 5) is 12.6. The highest BCUT2D eigenvalue weighted by Gasteiger charge is 2.06. The number of rotatable bonds is 3. The lowest BCUT2D eigenvalue weighted by Crippen LogP contribution is -2.41. The van der Waals surface area contributed by atoms with Gasteiger partial charge in [0.05, 0.1) is 6.54 Å². The van der Waals surface area contributed by atoms with E-state index in [9.17, 15) is 4.79 Å². The molecule has 0 aliphatic carbocycles. The van der Waals surface area contributed by atoms with Gasteiger partial charge in [-0.3, -0.25) is 15.1 Å². The number of hydrogen-bond donors (Lipinski definition) is 2. The molecule has 0 spiro atoms. The fourth-order valence-electron chi connectivity index (χ4n) is 0.455. The van der Waals surface area contributed by atoms with E-state index in [1.165, 1.54) is 0 Å². The maximum absolute atomic E-state index is 10.6. The van der Waals surface area contributed by atoms with E-state index in [2.05, 4.69) is 5.43 Å². The van der Waals surface area contributed by atoms with E-state index >= 15 is 0 Å². The number of likely N-dealkylation sites (N-methyl/N-ethyl adjacent to an activating group) is 1. The van der Waals surface area contributed by atoms with Crippen molar-refractivity contribution in [2.24, 2.45) is 5.84 Å². The molecular weight excluding hydrogens is 130 g/mol. The van der Waals surface area contributed by atoms with Crippen LogP contribution < -0.4 is 11.3 Å². The molecule has 4 heteroatoms. The summed E-state index contributed by atoms with van der Waals surface area (Å²) in [6, 6.07) is 0.372. The number of hydrogen-bond acceptors (Lipinski definition) is 3. The van der Waals surface area contributed by atoms with Crippen LogP contribution >= 0.6 is 0 Å². The number of carbonyl (C=O) groups excluding carboxylic acids is 1. The Bertz CT molecular complexity index is 114. The van der Waals surface area contributed by atoms with Crippen LogP contribution in [0, 0.1) is 0 Å². The molecule has 0 aliphatic rings. The predicted molar refractivity (Wildman–Crippen MR) is 40.1 cm³/mol. The minimum atomic E-state index is -0.156. The highest BCUT2D eigenvalue weighted by atomic mass is 16.2. The number of hydrazine groups is 1. The minimum Gasteiger partial charge on any atom is -0.295 e. The van der Waals surface area contributed by atoms with Gasteiger partial charge in [-0.2, -0.15) is 0 Å². The Hall–Kier alpha value is -0.610. The third kappa shape index (κ3) is 3.42. The summed E-state index contributed by atoms with van der Waals surface area (Å²) in [6.45, 7) is 4.39. The lowest BCUT2D eigenvalue weighted by molar-refractivity contribution is -0.122. The highest BCUT2D eigenvalue weighted by molar-refractivity contribution is 5.77. The maximum atomic E-state index is 10.6. The number of nitrogens with two attached hydrogens (primary N) is 1. The summed E-state index contributed by atoms with van der Waals surface area (Å²) in [5.74, 6) is 4.74. The Morgan fingerprint density at radius 3 is 2.50 bits per heavy atom. The standard InChI is InChI=1S/C6H15N3O/c1-5(2)9(3)4-6(10)8-7/h5H,4,7H2,1-3H3,(H,8,10). The van der Waals surface area contributed by atoms with Gasteiger partial charge in [0.1, 0.15) is 0 Å². The molecule has 0 rings (SSSR count). The summed E-state index contributed by atoms with van der Waals surface area (Å²) < 4.78 is 0. The molecule has 0 heterocycles. The quantitative estimate of drug-likeness (QED) is 0.314. The molecular formula is C6H15N3O. The van der Waals surface area contributed by atoms with E-state index in [1.54, 1.807) is 0 Å². The maximum Gasteiger partial charge on any atom is 0.248 e. The van der Waals surface area contributed by atoms with Crippen molar-refractivity contribution in [1.29, 1.82) is 0 Å². The van der Waals surface area contributed by atoms with E-state index in [0.717, 1.165) is 0 Å². The van der Waals surface area contributed by atoms with Crippen molar-refractivity contribution in [2.75, 3.05) is 13.6 Å². The summed E-state index contributed by atoms with van der Waals surface area (Å²) in [5, 5.41) is 0. The Kier molecular flexibility index (Phi) is 3.99. The van der Waals surface area contributed by atoms with Crippen LogP contribution in [0.4, 0.5) is 0 Å². The first-order valence-electron chi connectivity index (χ1n) is 3.27. The van der Waals surface area contributed by atoms with Crippen molar-refractivity contribution in [3.63, 3.8) is 0 Å². The third-order valence-electron chi connectivity index (χ3n) is 1.44. The molecule has 0 aromatic rings. The molecule has 1 amide bonds. The SMILES string of the molecule is CC(C)N(C)CC(=O)NN. The van der Waals surface area contributed by atoms with Crippen molar-refractivity contribution >= 4 is 5.91 Å². The van der Waals surface area contributed by atoms with Gasteiger partial charge in [-0.25, -0.2) is 5.84 Å². The first-order valence-corrected chi connectivity index (χ1v) is 3.27. The van der Waals surface area contributed by atoms with Gasteiger partial charge in [-0.05, 0) is 20.9 Å².